The number of benzene rings is 1. The van der Waals surface area contributed by atoms with Crippen LogP contribution in [0.3, 0.4) is 0 Å². The van der Waals surface area contributed by atoms with Crippen molar-refractivity contribution < 1.29 is 13.6 Å². The summed E-state index contributed by atoms with van der Waals surface area (Å²) in [6.07, 6.45) is 1.88. The van der Waals surface area contributed by atoms with Gasteiger partial charge < -0.3 is 4.90 Å². The first-order chi connectivity index (χ1) is 13.4. The zero-order chi connectivity index (χ0) is 20.3. The van der Waals surface area contributed by atoms with Gasteiger partial charge in [0.15, 0.2) is 5.16 Å². The molecule has 0 aliphatic heterocycles. The van der Waals surface area contributed by atoms with Crippen LogP contribution in [0.25, 0.3) is 15.9 Å². The molecule has 0 bridgehead atoms. The van der Waals surface area contributed by atoms with E-state index in [1.54, 1.807) is 23.4 Å². The van der Waals surface area contributed by atoms with Crippen LogP contribution in [0.4, 0.5) is 8.78 Å². The van der Waals surface area contributed by atoms with Crippen molar-refractivity contribution in [3.05, 3.63) is 51.6 Å². The van der Waals surface area contributed by atoms with E-state index in [1.807, 2.05) is 6.92 Å². The summed E-state index contributed by atoms with van der Waals surface area (Å²) in [6.45, 7) is 2.69. The van der Waals surface area contributed by atoms with Crippen molar-refractivity contribution in [2.45, 2.75) is 24.9 Å². The summed E-state index contributed by atoms with van der Waals surface area (Å²) in [5.74, 6) is -1.62. The van der Waals surface area contributed by atoms with Gasteiger partial charge in [0, 0.05) is 19.7 Å². The van der Waals surface area contributed by atoms with Gasteiger partial charge in [0.05, 0.1) is 17.0 Å². The maximum absolute atomic E-state index is 13.7. The summed E-state index contributed by atoms with van der Waals surface area (Å²) in [5.41, 5.74) is 0.122. The second kappa shape index (κ2) is 8.83. The van der Waals surface area contributed by atoms with Crippen molar-refractivity contribution in [2.75, 3.05) is 19.3 Å². The van der Waals surface area contributed by atoms with Crippen molar-refractivity contribution >= 4 is 39.2 Å². The van der Waals surface area contributed by atoms with Crippen LogP contribution in [0.15, 0.2) is 39.6 Å². The zero-order valence-electron chi connectivity index (χ0n) is 15.4. The molecule has 0 N–H and O–H groups in total. The average molecular weight is 424 g/mol. The van der Waals surface area contributed by atoms with E-state index in [0.29, 0.717) is 16.8 Å². The monoisotopic (exact) mass is 423 g/mol. The van der Waals surface area contributed by atoms with Crippen LogP contribution < -0.4 is 5.56 Å². The minimum absolute atomic E-state index is 0.0413. The molecular formula is C19H19F2N3O2S2. The highest BCUT2D eigenvalue weighted by Gasteiger charge is 2.18. The molecule has 0 radical (unpaired) electrons. The predicted molar refractivity (Wildman–Crippen MR) is 108 cm³/mol. The van der Waals surface area contributed by atoms with Crippen molar-refractivity contribution in [1.82, 2.24) is 14.5 Å². The molecule has 1 aromatic carbocycles. The summed E-state index contributed by atoms with van der Waals surface area (Å²) < 4.78 is 29.0. The number of nitrogens with zero attached hydrogens (tertiary/aromatic N) is 3. The molecule has 0 aliphatic carbocycles. The Hall–Kier alpha value is -2.26. The molecule has 0 unspecified atom stereocenters. The number of rotatable bonds is 7. The van der Waals surface area contributed by atoms with E-state index in [1.165, 1.54) is 11.3 Å². The number of halogens is 2. The van der Waals surface area contributed by atoms with E-state index in [2.05, 4.69) is 4.98 Å². The lowest BCUT2D eigenvalue weighted by Crippen LogP contribution is -2.29. The van der Waals surface area contributed by atoms with E-state index >= 15 is 0 Å². The number of fused-ring (bicyclic) bond motifs is 1. The van der Waals surface area contributed by atoms with Crippen LogP contribution >= 0.6 is 23.1 Å². The van der Waals surface area contributed by atoms with Gasteiger partial charge in [-0.15, -0.1) is 11.3 Å². The molecule has 0 aliphatic rings. The number of hydrogen-bond donors (Lipinski definition) is 0. The molecule has 28 heavy (non-hydrogen) atoms. The zero-order valence-corrected chi connectivity index (χ0v) is 17.1. The van der Waals surface area contributed by atoms with Crippen molar-refractivity contribution in [3.63, 3.8) is 0 Å². The summed E-state index contributed by atoms with van der Waals surface area (Å²) in [7, 11) is 1.73. The second-order valence-corrected chi connectivity index (χ2v) is 8.11. The van der Waals surface area contributed by atoms with E-state index in [-0.39, 0.29) is 22.5 Å². The van der Waals surface area contributed by atoms with Gasteiger partial charge in [0.1, 0.15) is 16.3 Å². The van der Waals surface area contributed by atoms with Crippen LogP contribution in [0.5, 0.6) is 0 Å². The molecule has 148 valence electrons. The third-order valence-corrected chi connectivity index (χ3v) is 5.97. The molecule has 0 atom stereocenters. The van der Waals surface area contributed by atoms with Gasteiger partial charge in [-0.1, -0.05) is 25.1 Å². The Morgan fingerprint density at radius 2 is 2.00 bits per heavy atom. The fourth-order valence-electron chi connectivity index (χ4n) is 2.64. The van der Waals surface area contributed by atoms with Crippen molar-refractivity contribution in [1.29, 1.82) is 0 Å². The van der Waals surface area contributed by atoms with Crippen molar-refractivity contribution in [2.24, 2.45) is 0 Å². The van der Waals surface area contributed by atoms with Crippen LogP contribution in [-0.4, -0.2) is 39.7 Å². The minimum atomic E-state index is -0.792. The highest BCUT2D eigenvalue weighted by atomic mass is 32.2. The lowest BCUT2D eigenvalue weighted by molar-refractivity contribution is -0.127. The van der Waals surface area contributed by atoms with E-state index < -0.39 is 17.2 Å². The summed E-state index contributed by atoms with van der Waals surface area (Å²) in [5, 5.41) is 1.95. The average Bonchev–Trinajstić information content (AvgIpc) is 3.12. The van der Waals surface area contributed by atoms with E-state index in [9.17, 15) is 18.4 Å². The molecule has 0 saturated heterocycles. The third kappa shape index (κ3) is 4.41. The first-order valence-corrected chi connectivity index (χ1v) is 10.6. The van der Waals surface area contributed by atoms with Gasteiger partial charge in [0.2, 0.25) is 5.91 Å². The van der Waals surface area contributed by atoms with Gasteiger partial charge in [-0.3, -0.25) is 14.2 Å². The Labute approximate surface area is 169 Å². The number of thiophene rings is 1. The number of aromatic nitrogens is 2. The molecule has 0 fully saturated rings. The fourth-order valence-corrected chi connectivity index (χ4v) is 4.35. The number of amides is 1. The van der Waals surface area contributed by atoms with Crippen LogP contribution in [0, 0.1) is 11.6 Å². The maximum atomic E-state index is 13.7. The lowest BCUT2D eigenvalue weighted by Gasteiger charge is -2.17. The van der Waals surface area contributed by atoms with E-state index in [0.717, 1.165) is 47.4 Å². The number of thioether (sulfide) groups is 1. The molecule has 0 spiro atoms. The Balaban J connectivity index is 1.99. The molecule has 1 amide bonds. The number of hydrogen-bond acceptors (Lipinski definition) is 5. The van der Waals surface area contributed by atoms with Gasteiger partial charge in [-0.2, -0.15) is 0 Å². The molecule has 9 heteroatoms. The van der Waals surface area contributed by atoms with Gasteiger partial charge in [-0.25, -0.2) is 13.8 Å². The molecule has 3 rings (SSSR count). The number of unbranched alkanes of at least 4 members (excludes halogenated alkanes) is 1. The number of carbonyl (C=O) groups is 1. The largest absolute Gasteiger partial charge is 0.345 e. The number of carbonyl (C=O) groups excluding carboxylic acids is 1. The maximum Gasteiger partial charge on any atom is 0.276 e. The van der Waals surface area contributed by atoms with Gasteiger partial charge >= 0.3 is 0 Å². The minimum Gasteiger partial charge on any atom is -0.345 e. The summed E-state index contributed by atoms with van der Waals surface area (Å²) in [6, 6.07) is 4.59. The standard InChI is InChI=1S/C19H19F2N3O2S2/c1-3-4-6-23(2)16(25)11-28-19-22-15-5-7-27-17(15)18(26)24(19)14-9-12(20)8-13(21)10-14/h5,7-10H,3-4,6,11H2,1-2H3. The van der Waals surface area contributed by atoms with Gasteiger partial charge in [-0.05, 0) is 30.0 Å². The first kappa shape index (κ1) is 20.5. The highest BCUT2D eigenvalue weighted by molar-refractivity contribution is 7.99. The van der Waals surface area contributed by atoms with Crippen LogP contribution in [0.2, 0.25) is 0 Å². The lowest BCUT2D eigenvalue weighted by atomic mass is 10.3. The third-order valence-electron chi connectivity index (χ3n) is 4.15. The smallest absolute Gasteiger partial charge is 0.276 e. The Morgan fingerprint density at radius 1 is 1.29 bits per heavy atom. The quantitative estimate of drug-likeness (QED) is 0.425. The summed E-state index contributed by atoms with van der Waals surface area (Å²) in [4.78, 5) is 31.4. The second-order valence-electron chi connectivity index (χ2n) is 6.26. The van der Waals surface area contributed by atoms with Crippen LogP contribution in [-0.2, 0) is 4.79 Å². The molecular weight excluding hydrogens is 404 g/mol. The Bertz CT molecular complexity index is 1040. The summed E-state index contributed by atoms with van der Waals surface area (Å²) >= 11 is 2.29. The van der Waals surface area contributed by atoms with Crippen LogP contribution in [0.1, 0.15) is 19.8 Å². The van der Waals surface area contributed by atoms with Crippen molar-refractivity contribution in [3.8, 4) is 5.69 Å². The SMILES string of the molecule is CCCCN(C)C(=O)CSc1nc2ccsc2c(=O)n1-c1cc(F)cc(F)c1. The highest BCUT2D eigenvalue weighted by Crippen LogP contribution is 2.24. The topological polar surface area (TPSA) is 55.2 Å². The molecule has 2 aromatic heterocycles. The predicted octanol–water partition coefficient (Wildman–Crippen LogP) is 4.08. The molecule has 5 nitrogen and oxygen atoms in total. The molecule has 2 heterocycles. The fraction of sp³-hybridized carbons (Fsp3) is 0.316. The Morgan fingerprint density at radius 3 is 2.68 bits per heavy atom. The van der Waals surface area contributed by atoms with E-state index in [4.69, 9.17) is 0 Å². The normalized spacial score (nSPS) is 11.1. The molecule has 3 aromatic rings. The Kier molecular flexibility index (Phi) is 6.46. The molecule has 0 saturated carbocycles. The van der Waals surface area contributed by atoms with Gasteiger partial charge in [0.25, 0.3) is 5.56 Å². The first-order valence-electron chi connectivity index (χ1n) is 8.74.